The van der Waals surface area contributed by atoms with E-state index >= 15 is 0 Å². The van der Waals surface area contributed by atoms with Crippen LogP contribution >= 0.6 is 11.6 Å². The van der Waals surface area contributed by atoms with Crippen molar-refractivity contribution in [3.63, 3.8) is 0 Å². The van der Waals surface area contributed by atoms with E-state index in [2.05, 4.69) is 38.6 Å². The van der Waals surface area contributed by atoms with Crippen LogP contribution in [0.1, 0.15) is 13.8 Å². The fraction of sp³-hybridized carbons (Fsp3) is 0.727. The average Bonchev–Trinajstić information content (AvgIpc) is 2.28. The Bertz CT molecular complexity index is 388. The molecule has 1 unspecified atom stereocenters. The molecule has 6 nitrogen and oxygen atoms in total. The first-order valence-corrected chi connectivity index (χ1v) is 6.22. The van der Waals surface area contributed by atoms with Gasteiger partial charge in [-0.2, -0.15) is 15.0 Å². The lowest BCUT2D eigenvalue weighted by Crippen LogP contribution is -2.41. The Morgan fingerprint density at radius 1 is 1.28 bits per heavy atom. The van der Waals surface area contributed by atoms with Crippen LogP contribution in [0.15, 0.2) is 0 Å². The second kappa shape index (κ2) is 6.70. The number of aromatic nitrogens is 3. The van der Waals surface area contributed by atoms with E-state index in [1.807, 2.05) is 14.1 Å². The molecule has 0 fully saturated rings. The van der Waals surface area contributed by atoms with Gasteiger partial charge in [0.1, 0.15) is 0 Å². The van der Waals surface area contributed by atoms with Gasteiger partial charge in [-0.1, -0.05) is 0 Å². The minimum absolute atomic E-state index is 0.146. The third-order valence-corrected chi connectivity index (χ3v) is 2.69. The van der Waals surface area contributed by atoms with Crippen LogP contribution in [0.25, 0.3) is 0 Å². The van der Waals surface area contributed by atoms with E-state index in [9.17, 15) is 0 Å². The summed E-state index contributed by atoms with van der Waals surface area (Å²) in [6, 6.07) is 0.508. The highest BCUT2D eigenvalue weighted by Crippen LogP contribution is 2.17. The molecular formula is C11H20ClN5O. The Balaban J connectivity index is 2.97. The molecular weight excluding hydrogens is 254 g/mol. The second-order valence-corrected chi connectivity index (χ2v) is 4.63. The number of rotatable bonds is 6. The van der Waals surface area contributed by atoms with E-state index in [4.69, 9.17) is 16.3 Å². The van der Waals surface area contributed by atoms with E-state index in [-0.39, 0.29) is 17.3 Å². The summed E-state index contributed by atoms with van der Waals surface area (Å²) in [6.45, 7) is 5.86. The molecule has 0 radical (unpaired) electrons. The quantitative estimate of drug-likeness (QED) is 0.779. The van der Waals surface area contributed by atoms with Gasteiger partial charge in [-0.05, 0) is 39.5 Å². The van der Waals surface area contributed by atoms with Crippen LogP contribution in [0.4, 0.5) is 5.95 Å². The maximum absolute atomic E-state index is 5.86. The van der Waals surface area contributed by atoms with Crippen molar-refractivity contribution in [1.29, 1.82) is 0 Å². The molecule has 1 aromatic heterocycles. The highest BCUT2D eigenvalue weighted by atomic mass is 35.5. The van der Waals surface area contributed by atoms with Crippen molar-refractivity contribution in [3.05, 3.63) is 5.28 Å². The molecule has 1 atom stereocenters. The fourth-order valence-corrected chi connectivity index (χ4v) is 1.97. The topological polar surface area (TPSA) is 54.4 Å². The average molecular weight is 274 g/mol. The fourth-order valence-electron chi connectivity index (χ4n) is 1.82. The Morgan fingerprint density at radius 3 is 2.44 bits per heavy atom. The molecule has 0 aliphatic carbocycles. The van der Waals surface area contributed by atoms with Gasteiger partial charge < -0.3 is 14.5 Å². The molecule has 0 saturated heterocycles. The van der Waals surface area contributed by atoms with Gasteiger partial charge in [0.2, 0.25) is 11.2 Å². The van der Waals surface area contributed by atoms with Crippen LogP contribution in [-0.4, -0.2) is 60.2 Å². The maximum atomic E-state index is 5.86. The molecule has 0 spiro atoms. The Kier molecular flexibility index (Phi) is 5.55. The van der Waals surface area contributed by atoms with E-state index in [0.717, 1.165) is 13.1 Å². The first-order valence-electron chi connectivity index (χ1n) is 5.84. The van der Waals surface area contributed by atoms with Gasteiger partial charge in [-0.15, -0.1) is 0 Å². The Morgan fingerprint density at radius 2 is 1.94 bits per heavy atom. The summed E-state index contributed by atoms with van der Waals surface area (Å²) in [5.74, 6) is 0.545. The largest absolute Gasteiger partial charge is 0.467 e. The first-order chi connectivity index (χ1) is 8.47. The summed E-state index contributed by atoms with van der Waals surface area (Å²) >= 11 is 5.86. The van der Waals surface area contributed by atoms with Crippen molar-refractivity contribution in [2.75, 3.05) is 39.2 Å². The van der Waals surface area contributed by atoms with Crippen molar-refractivity contribution in [2.45, 2.75) is 19.9 Å². The standard InChI is InChI=1S/C11H20ClN5O/c1-6-17(8(2)7-16(3)4)10-13-9(12)14-11(15-10)18-5/h8H,6-7H2,1-5H3. The number of anilines is 1. The monoisotopic (exact) mass is 273 g/mol. The smallest absolute Gasteiger partial charge is 0.322 e. The molecule has 0 amide bonds. The van der Waals surface area contributed by atoms with E-state index < -0.39 is 0 Å². The van der Waals surface area contributed by atoms with Crippen LogP contribution < -0.4 is 9.64 Å². The van der Waals surface area contributed by atoms with Crippen LogP contribution in [-0.2, 0) is 0 Å². The molecule has 102 valence electrons. The highest BCUT2D eigenvalue weighted by Gasteiger charge is 2.18. The van der Waals surface area contributed by atoms with Gasteiger partial charge in [0.05, 0.1) is 7.11 Å². The number of hydrogen-bond acceptors (Lipinski definition) is 6. The molecule has 7 heteroatoms. The number of methoxy groups -OCH3 is 1. The zero-order valence-corrected chi connectivity index (χ0v) is 12.3. The second-order valence-electron chi connectivity index (χ2n) is 4.29. The molecule has 0 N–H and O–H groups in total. The predicted octanol–water partition coefficient (Wildman–Crippen LogP) is 1.31. The van der Waals surface area contributed by atoms with Gasteiger partial charge in [0.15, 0.2) is 0 Å². The molecule has 1 aromatic rings. The summed E-state index contributed by atoms with van der Waals surface area (Å²) in [5.41, 5.74) is 0. The van der Waals surface area contributed by atoms with Gasteiger partial charge in [-0.3, -0.25) is 0 Å². The van der Waals surface area contributed by atoms with E-state index in [1.54, 1.807) is 0 Å². The molecule has 0 aliphatic heterocycles. The molecule has 18 heavy (non-hydrogen) atoms. The third kappa shape index (κ3) is 3.96. The predicted molar refractivity (Wildman–Crippen MR) is 72.4 cm³/mol. The minimum Gasteiger partial charge on any atom is -0.467 e. The lowest BCUT2D eigenvalue weighted by atomic mass is 10.3. The summed E-state index contributed by atoms with van der Waals surface area (Å²) in [6.07, 6.45) is 0. The zero-order chi connectivity index (χ0) is 13.7. The third-order valence-electron chi connectivity index (χ3n) is 2.52. The number of halogens is 1. The minimum atomic E-state index is 0.146. The molecule has 0 aromatic carbocycles. The summed E-state index contributed by atoms with van der Waals surface area (Å²) < 4.78 is 5.01. The molecule has 0 bridgehead atoms. The molecule has 1 heterocycles. The number of hydrogen-bond donors (Lipinski definition) is 0. The summed E-state index contributed by atoms with van der Waals surface area (Å²) in [7, 11) is 5.57. The highest BCUT2D eigenvalue weighted by molar-refractivity contribution is 6.28. The number of ether oxygens (including phenoxy) is 1. The molecule has 0 aliphatic rings. The molecule has 1 rings (SSSR count). The van der Waals surface area contributed by atoms with Crippen LogP contribution in [0.2, 0.25) is 5.28 Å². The van der Waals surface area contributed by atoms with Crippen molar-refractivity contribution in [3.8, 4) is 6.01 Å². The van der Waals surface area contributed by atoms with Gasteiger partial charge in [-0.25, -0.2) is 0 Å². The Labute approximate surface area is 113 Å². The van der Waals surface area contributed by atoms with Crippen molar-refractivity contribution in [1.82, 2.24) is 19.9 Å². The van der Waals surface area contributed by atoms with Gasteiger partial charge >= 0.3 is 6.01 Å². The van der Waals surface area contributed by atoms with E-state index in [1.165, 1.54) is 7.11 Å². The lowest BCUT2D eigenvalue weighted by Gasteiger charge is -2.30. The molecule has 0 saturated carbocycles. The first kappa shape index (κ1) is 14.9. The SMILES string of the molecule is CCN(c1nc(Cl)nc(OC)n1)C(C)CN(C)C. The zero-order valence-electron chi connectivity index (χ0n) is 11.5. The van der Waals surface area contributed by atoms with Crippen LogP contribution in [0.5, 0.6) is 6.01 Å². The van der Waals surface area contributed by atoms with Crippen molar-refractivity contribution >= 4 is 17.5 Å². The maximum Gasteiger partial charge on any atom is 0.322 e. The lowest BCUT2D eigenvalue weighted by molar-refractivity contribution is 0.364. The van der Waals surface area contributed by atoms with Crippen LogP contribution in [0, 0.1) is 0 Å². The number of likely N-dealkylation sites (N-methyl/N-ethyl adjacent to an activating group) is 2. The normalized spacial score (nSPS) is 12.6. The van der Waals surface area contributed by atoms with Crippen molar-refractivity contribution < 1.29 is 4.74 Å². The summed E-state index contributed by atoms with van der Waals surface area (Å²) in [4.78, 5) is 16.4. The Hall–Kier alpha value is -1.14. The van der Waals surface area contributed by atoms with E-state index in [0.29, 0.717) is 5.95 Å². The van der Waals surface area contributed by atoms with Gasteiger partial charge in [0, 0.05) is 19.1 Å². The summed E-state index contributed by atoms with van der Waals surface area (Å²) in [5, 5.41) is 0.146. The van der Waals surface area contributed by atoms with Gasteiger partial charge in [0.25, 0.3) is 0 Å². The van der Waals surface area contributed by atoms with Crippen LogP contribution in [0.3, 0.4) is 0 Å². The van der Waals surface area contributed by atoms with Crippen molar-refractivity contribution in [2.24, 2.45) is 0 Å². The number of nitrogens with zero attached hydrogens (tertiary/aromatic N) is 5.